The first kappa shape index (κ1) is 15.4. The number of aliphatic hydroxyl groups is 1. The summed E-state index contributed by atoms with van der Waals surface area (Å²) >= 11 is 0. The molecule has 0 aromatic rings. The van der Waals surface area contributed by atoms with Gasteiger partial charge in [0.25, 0.3) is 0 Å². The number of hydrogen-bond donors (Lipinski definition) is 1. The van der Waals surface area contributed by atoms with Crippen LogP contribution in [0, 0.1) is 28.1 Å². The lowest BCUT2D eigenvalue weighted by molar-refractivity contribution is -0.136. The van der Waals surface area contributed by atoms with Gasteiger partial charge in [-0.25, -0.2) is 4.79 Å². The van der Waals surface area contributed by atoms with Gasteiger partial charge in [0.2, 0.25) is 0 Å². The Morgan fingerprint density at radius 1 is 1.35 bits per heavy atom. The number of rotatable bonds is 1. The van der Waals surface area contributed by atoms with Crippen LogP contribution >= 0.6 is 0 Å². The molecule has 23 heavy (non-hydrogen) atoms. The number of carbonyl (C=O) groups is 1. The summed E-state index contributed by atoms with van der Waals surface area (Å²) in [4.78, 5) is 12.2. The van der Waals surface area contributed by atoms with Gasteiger partial charge in [0.05, 0.1) is 6.10 Å². The quantitative estimate of drug-likeness (QED) is 0.593. The van der Waals surface area contributed by atoms with Crippen LogP contribution in [0.25, 0.3) is 0 Å². The van der Waals surface area contributed by atoms with Crippen LogP contribution in [0.5, 0.6) is 0 Å². The highest BCUT2D eigenvalue weighted by Crippen LogP contribution is 2.67. The lowest BCUT2D eigenvalue weighted by Crippen LogP contribution is -2.56. The van der Waals surface area contributed by atoms with Crippen LogP contribution in [0.4, 0.5) is 0 Å². The van der Waals surface area contributed by atoms with Crippen molar-refractivity contribution in [3.8, 4) is 0 Å². The zero-order valence-corrected chi connectivity index (χ0v) is 14.3. The maximum absolute atomic E-state index is 12.2. The molecule has 0 bridgehead atoms. The number of aliphatic hydroxyl groups excluding tert-OH is 1. The van der Waals surface area contributed by atoms with Gasteiger partial charge in [-0.2, -0.15) is 0 Å². The van der Waals surface area contributed by atoms with E-state index in [9.17, 15) is 9.90 Å². The number of hydrogen-bond acceptors (Lipinski definition) is 3. The molecule has 1 heterocycles. The zero-order valence-electron chi connectivity index (χ0n) is 14.3. The summed E-state index contributed by atoms with van der Waals surface area (Å²) in [6, 6.07) is 0. The molecule has 0 unspecified atom stereocenters. The van der Waals surface area contributed by atoms with Crippen LogP contribution in [-0.4, -0.2) is 23.8 Å². The second-order valence-corrected chi connectivity index (χ2v) is 8.97. The van der Waals surface area contributed by atoms with E-state index in [-0.39, 0.29) is 22.2 Å². The van der Waals surface area contributed by atoms with Crippen LogP contribution in [0.2, 0.25) is 0 Å². The highest BCUT2D eigenvalue weighted by atomic mass is 16.5. The molecule has 3 heteroatoms. The number of allylic oxidation sites excluding steroid dienone is 1. The third-order valence-electron chi connectivity index (χ3n) is 7.83. The highest BCUT2D eigenvalue weighted by Gasteiger charge is 2.63. The monoisotopic (exact) mass is 316 g/mol. The van der Waals surface area contributed by atoms with Crippen molar-refractivity contribution in [2.24, 2.45) is 28.1 Å². The summed E-state index contributed by atoms with van der Waals surface area (Å²) in [5.74, 6) is 0.809. The molecule has 1 aliphatic heterocycles. The van der Waals surface area contributed by atoms with E-state index in [4.69, 9.17) is 4.74 Å². The fraction of sp³-hybridized carbons (Fsp3) is 0.750. The fourth-order valence-electron chi connectivity index (χ4n) is 6.25. The van der Waals surface area contributed by atoms with Gasteiger partial charge in [-0.05, 0) is 67.3 Å². The molecule has 3 nitrogen and oxygen atoms in total. The lowest BCUT2D eigenvalue weighted by Gasteiger charge is -2.61. The van der Waals surface area contributed by atoms with E-state index in [1.54, 1.807) is 6.08 Å². The number of fused-ring (bicyclic) bond motifs is 2. The molecule has 2 saturated carbocycles. The first-order valence-corrected chi connectivity index (χ1v) is 9.04. The van der Waals surface area contributed by atoms with E-state index in [1.165, 1.54) is 6.42 Å². The van der Waals surface area contributed by atoms with Crippen LogP contribution in [0.3, 0.4) is 0 Å². The Balaban J connectivity index is 1.74. The third kappa shape index (κ3) is 1.95. The second kappa shape index (κ2) is 4.72. The Morgan fingerprint density at radius 2 is 2.13 bits per heavy atom. The fourth-order valence-corrected chi connectivity index (χ4v) is 6.25. The van der Waals surface area contributed by atoms with Gasteiger partial charge < -0.3 is 9.84 Å². The summed E-state index contributed by atoms with van der Waals surface area (Å²) < 4.78 is 5.46. The van der Waals surface area contributed by atoms with Crippen LogP contribution in [0.1, 0.15) is 52.4 Å². The average molecular weight is 316 g/mol. The number of ether oxygens (including phenoxy) is 1. The first-order chi connectivity index (χ1) is 10.8. The minimum Gasteiger partial charge on any atom is -0.461 e. The van der Waals surface area contributed by atoms with Crippen molar-refractivity contribution in [1.29, 1.82) is 0 Å². The topological polar surface area (TPSA) is 46.5 Å². The molecule has 126 valence electrons. The summed E-state index contributed by atoms with van der Waals surface area (Å²) in [6.45, 7) is 9.32. The van der Waals surface area contributed by atoms with Crippen molar-refractivity contribution in [2.45, 2.75) is 58.5 Å². The van der Waals surface area contributed by atoms with Gasteiger partial charge in [0.1, 0.15) is 6.61 Å². The second-order valence-electron chi connectivity index (χ2n) is 8.97. The largest absolute Gasteiger partial charge is 0.461 e. The molecule has 1 N–H and O–H groups in total. The molecule has 3 aliphatic carbocycles. The van der Waals surface area contributed by atoms with Gasteiger partial charge >= 0.3 is 5.97 Å². The Bertz CT molecular complexity index is 594. The maximum atomic E-state index is 12.2. The molecule has 1 saturated heterocycles. The first-order valence-electron chi connectivity index (χ1n) is 9.04. The van der Waals surface area contributed by atoms with Crippen LogP contribution < -0.4 is 0 Å². The van der Waals surface area contributed by atoms with Crippen molar-refractivity contribution in [1.82, 2.24) is 0 Å². The van der Waals surface area contributed by atoms with E-state index < -0.39 is 6.10 Å². The van der Waals surface area contributed by atoms with Gasteiger partial charge in [0.15, 0.2) is 0 Å². The van der Waals surface area contributed by atoms with E-state index in [2.05, 4.69) is 26.5 Å². The van der Waals surface area contributed by atoms with Gasteiger partial charge in [-0.15, -0.1) is 6.58 Å². The Hall–Kier alpha value is -1.09. The normalized spacial score (nSPS) is 51.9. The van der Waals surface area contributed by atoms with Crippen molar-refractivity contribution in [2.75, 3.05) is 6.61 Å². The summed E-state index contributed by atoms with van der Waals surface area (Å²) in [6.07, 6.45) is 9.86. The average Bonchev–Trinajstić information content (AvgIpc) is 2.85. The molecule has 4 aliphatic rings. The molecule has 0 aromatic carbocycles. The predicted octanol–water partition coefficient (Wildman–Crippen LogP) is 3.63. The molecule has 3 fully saturated rings. The van der Waals surface area contributed by atoms with E-state index >= 15 is 0 Å². The van der Waals surface area contributed by atoms with Crippen LogP contribution in [-0.2, 0) is 9.53 Å². The zero-order chi connectivity index (χ0) is 16.5. The van der Waals surface area contributed by atoms with Crippen molar-refractivity contribution in [3.63, 3.8) is 0 Å². The van der Waals surface area contributed by atoms with E-state index in [0.29, 0.717) is 18.4 Å². The molecule has 6 atom stereocenters. The summed E-state index contributed by atoms with van der Waals surface area (Å²) in [5, 5.41) is 10.4. The summed E-state index contributed by atoms with van der Waals surface area (Å²) in [7, 11) is 0. The van der Waals surface area contributed by atoms with Crippen LogP contribution in [0.15, 0.2) is 24.3 Å². The minimum atomic E-state index is -0.503. The van der Waals surface area contributed by atoms with E-state index in [0.717, 1.165) is 37.7 Å². The standard InChI is InChI=1S/C20H28O3/c1-4-18(2)7-8-19(3)13(11-18)5-6-20-12-23-17(22)15(20)9-14(21)10-16(19)20/h4,9,13-14,16,21H,1,5-8,10-12H2,2-3H3/t13-,14+,16+,18-,19-,20-/m0/s1. The number of carbonyl (C=O) groups excluding carboxylic acids is 1. The molecule has 0 radical (unpaired) electrons. The van der Waals surface area contributed by atoms with Gasteiger partial charge in [0, 0.05) is 11.0 Å². The number of cyclic esters (lactones) is 1. The number of esters is 1. The SMILES string of the molecule is C=C[C@@]1(C)CC[C@@]2(C)[C@@H](CC[C@]34COC(=O)C3=C[C@@H](O)C[C@@H]42)C1. The molecule has 0 aromatic heterocycles. The molecule has 1 spiro atoms. The summed E-state index contributed by atoms with van der Waals surface area (Å²) in [5.41, 5.74) is 1.07. The van der Waals surface area contributed by atoms with Crippen molar-refractivity contribution < 1.29 is 14.6 Å². The molecular weight excluding hydrogens is 288 g/mol. The van der Waals surface area contributed by atoms with Crippen molar-refractivity contribution in [3.05, 3.63) is 24.3 Å². The third-order valence-corrected chi connectivity index (χ3v) is 7.83. The Morgan fingerprint density at radius 3 is 2.87 bits per heavy atom. The van der Waals surface area contributed by atoms with Gasteiger partial charge in [-0.3, -0.25) is 0 Å². The van der Waals surface area contributed by atoms with Gasteiger partial charge in [-0.1, -0.05) is 19.9 Å². The minimum absolute atomic E-state index is 0.135. The molecule has 4 rings (SSSR count). The van der Waals surface area contributed by atoms with E-state index in [1.807, 2.05) is 0 Å². The lowest BCUT2D eigenvalue weighted by atomic mass is 9.42. The molecular formula is C20H28O3. The Kier molecular flexibility index (Phi) is 3.17. The van der Waals surface area contributed by atoms with Crippen molar-refractivity contribution >= 4 is 5.97 Å². The Labute approximate surface area is 138 Å². The maximum Gasteiger partial charge on any atom is 0.334 e. The molecule has 0 amide bonds. The highest BCUT2D eigenvalue weighted by molar-refractivity contribution is 5.92. The smallest absolute Gasteiger partial charge is 0.334 e. The predicted molar refractivity (Wildman–Crippen MR) is 88.6 cm³/mol.